The maximum absolute atomic E-state index is 2.41. The van der Waals surface area contributed by atoms with Crippen LogP contribution >= 0.6 is 22.9 Å². The molecule has 0 spiro atoms. The van der Waals surface area contributed by atoms with E-state index >= 15 is 0 Å². The molecule has 1 aromatic heterocycles. The first kappa shape index (κ1) is 12.5. The molecule has 0 aliphatic rings. The first-order valence-corrected chi connectivity index (χ1v) is 8.30. The van der Waals surface area contributed by atoms with E-state index in [1.165, 1.54) is 43.4 Å². The number of aromatic nitrogens is 1. The predicted octanol–water partition coefficient (Wildman–Crippen LogP) is 6.30. The molecule has 22 heavy (non-hydrogen) atoms. The molecule has 2 heteroatoms. The van der Waals surface area contributed by atoms with Crippen LogP contribution < -0.4 is 0 Å². The summed E-state index contributed by atoms with van der Waals surface area (Å²) >= 11 is 2.41. The fourth-order valence-electron chi connectivity index (χ4n) is 3.43. The normalized spacial score (nSPS) is 11.9. The first-order chi connectivity index (χ1) is 10.8. The summed E-state index contributed by atoms with van der Waals surface area (Å²) < 4.78 is 2.28. The predicted molar refractivity (Wildman–Crippen MR) is 104 cm³/mol. The van der Waals surface area contributed by atoms with E-state index in [-0.39, 0.29) is 0 Å². The third-order valence-corrected chi connectivity index (χ3v) is 5.50. The van der Waals surface area contributed by atoms with Gasteiger partial charge in [-0.2, -0.15) is 0 Å². The lowest BCUT2D eigenvalue weighted by atomic mass is 10.0. The number of fused-ring (bicyclic) bond motifs is 6. The van der Waals surface area contributed by atoms with Crippen molar-refractivity contribution in [2.75, 3.05) is 0 Å². The summed E-state index contributed by atoms with van der Waals surface area (Å²) in [5.41, 5.74) is 2.57. The zero-order valence-corrected chi connectivity index (χ0v) is 13.9. The minimum Gasteiger partial charge on any atom is -0.282 e. The third kappa shape index (κ3) is 1.59. The molecule has 5 rings (SSSR count). The highest BCUT2D eigenvalue weighted by Gasteiger charge is 2.12. The number of nitrogens with zero attached hydrogens (tertiary/aromatic N) is 1. The number of benzene rings is 4. The maximum Gasteiger partial charge on any atom is 0.0646 e. The van der Waals surface area contributed by atoms with Crippen LogP contribution in [0.5, 0.6) is 0 Å². The van der Waals surface area contributed by atoms with E-state index in [0.717, 1.165) is 0 Å². The fourth-order valence-corrected chi connectivity index (χ4v) is 4.23. The van der Waals surface area contributed by atoms with E-state index in [1.807, 2.05) is 0 Å². The van der Waals surface area contributed by atoms with E-state index in [0.29, 0.717) is 0 Å². The molecular formula is C20H12IN. The van der Waals surface area contributed by atoms with Gasteiger partial charge in [0.15, 0.2) is 0 Å². The van der Waals surface area contributed by atoms with E-state index in [4.69, 9.17) is 0 Å². The Hall–Kier alpha value is -2.07. The Morgan fingerprint density at radius 3 is 2.09 bits per heavy atom. The van der Waals surface area contributed by atoms with Crippen molar-refractivity contribution >= 4 is 66.2 Å². The van der Waals surface area contributed by atoms with Gasteiger partial charge < -0.3 is 0 Å². The Balaban J connectivity index is 2.12. The summed E-state index contributed by atoms with van der Waals surface area (Å²) in [6, 6.07) is 26.3. The van der Waals surface area contributed by atoms with Crippen molar-refractivity contribution in [3.63, 3.8) is 0 Å². The van der Waals surface area contributed by atoms with Crippen LogP contribution in [0.15, 0.2) is 72.8 Å². The van der Waals surface area contributed by atoms with Crippen LogP contribution in [0, 0.1) is 0 Å². The molecule has 1 nitrogen and oxygen atoms in total. The van der Waals surface area contributed by atoms with Gasteiger partial charge in [0.25, 0.3) is 0 Å². The quantitative estimate of drug-likeness (QED) is 0.272. The van der Waals surface area contributed by atoms with Crippen LogP contribution in [0.3, 0.4) is 0 Å². The second-order valence-corrected chi connectivity index (χ2v) is 6.64. The minimum absolute atomic E-state index is 1.28. The molecule has 1 heterocycles. The van der Waals surface area contributed by atoms with Crippen molar-refractivity contribution in [1.29, 1.82) is 0 Å². The van der Waals surface area contributed by atoms with Crippen LogP contribution in [-0.4, -0.2) is 2.78 Å². The van der Waals surface area contributed by atoms with E-state index < -0.39 is 0 Å². The van der Waals surface area contributed by atoms with Crippen molar-refractivity contribution in [1.82, 2.24) is 2.78 Å². The summed E-state index contributed by atoms with van der Waals surface area (Å²) in [4.78, 5) is 0. The number of hydrogen-bond donors (Lipinski definition) is 0. The summed E-state index contributed by atoms with van der Waals surface area (Å²) in [6.45, 7) is 0. The molecule has 0 aliphatic carbocycles. The van der Waals surface area contributed by atoms with Crippen LogP contribution in [0.4, 0.5) is 0 Å². The first-order valence-electron chi connectivity index (χ1n) is 7.34. The van der Waals surface area contributed by atoms with Gasteiger partial charge >= 0.3 is 0 Å². The standard InChI is InChI=1S/C20H12IN/c21-22-18-10-9-13-5-3-4-8-16(13)20(18)17-11-14-6-1-2-7-15(14)12-19(17)22/h1-12H. The number of rotatable bonds is 0. The molecule has 0 unspecified atom stereocenters. The van der Waals surface area contributed by atoms with Gasteiger partial charge in [0, 0.05) is 10.8 Å². The van der Waals surface area contributed by atoms with Gasteiger partial charge in [-0.3, -0.25) is 2.78 Å². The van der Waals surface area contributed by atoms with Gasteiger partial charge in [-0.1, -0.05) is 54.6 Å². The minimum atomic E-state index is 1.28. The Labute approximate surface area is 141 Å². The van der Waals surface area contributed by atoms with Gasteiger partial charge in [-0.15, -0.1) is 0 Å². The topological polar surface area (TPSA) is 4.93 Å². The van der Waals surface area contributed by atoms with Crippen molar-refractivity contribution < 1.29 is 0 Å². The van der Waals surface area contributed by atoms with Crippen molar-refractivity contribution in [3.8, 4) is 0 Å². The molecule has 104 valence electrons. The van der Waals surface area contributed by atoms with E-state index in [9.17, 15) is 0 Å². The highest BCUT2D eigenvalue weighted by molar-refractivity contribution is 14.1. The van der Waals surface area contributed by atoms with Crippen LogP contribution in [0.1, 0.15) is 0 Å². The SMILES string of the molecule is In1c2cc3ccccc3cc2c2c3ccccc3ccc21. The fraction of sp³-hybridized carbons (Fsp3) is 0. The highest BCUT2D eigenvalue weighted by atomic mass is 127. The summed E-state index contributed by atoms with van der Waals surface area (Å²) in [5.74, 6) is 0. The van der Waals surface area contributed by atoms with Gasteiger partial charge in [0.1, 0.15) is 0 Å². The molecular weight excluding hydrogens is 381 g/mol. The lowest BCUT2D eigenvalue weighted by Gasteiger charge is -2.01. The van der Waals surface area contributed by atoms with Crippen LogP contribution in [0.2, 0.25) is 0 Å². The third-order valence-electron chi connectivity index (χ3n) is 4.46. The average Bonchev–Trinajstić information content (AvgIpc) is 2.85. The van der Waals surface area contributed by atoms with E-state index in [2.05, 4.69) is 98.4 Å². The smallest absolute Gasteiger partial charge is 0.0646 e. The monoisotopic (exact) mass is 393 g/mol. The summed E-state index contributed by atoms with van der Waals surface area (Å²) in [7, 11) is 0. The van der Waals surface area contributed by atoms with Gasteiger partial charge in [0.05, 0.1) is 33.9 Å². The van der Waals surface area contributed by atoms with Gasteiger partial charge in [-0.25, -0.2) is 0 Å². The Morgan fingerprint density at radius 2 is 1.27 bits per heavy atom. The molecule has 0 aliphatic heterocycles. The largest absolute Gasteiger partial charge is 0.282 e. The molecule has 0 saturated carbocycles. The molecule has 0 fully saturated rings. The number of halogens is 1. The average molecular weight is 393 g/mol. The molecule has 0 amide bonds. The second-order valence-electron chi connectivity index (χ2n) is 5.68. The number of hydrogen-bond acceptors (Lipinski definition) is 0. The molecule has 4 aromatic carbocycles. The van der Waals surface area contributed by atoms with E-state index in [1.54, 1.807) is 0 Å². The lowest BCUT2D eigenvalue weighted by molar-refractivity contribution is 1.51. The molecule has 5 aromatic rings. The Kier molecular flexibility index (Phi) is 2.53. The highest BCUT2D eigenvalue weighted by Crippen LogP contribution is 2.37. The van der Waals surface area contributed by atoms with Crippen molar-refractivity contribution in [3.05, 3.63) is 72.8 Å². The van der Waals surface area contributed by atoms with Gasteiger partial charge in [-0.05, 0) is 39.7 Å². The van der Waals surface area contributed by atoms with Gasteiger partial charge in [0.2, 0.25) is 0 Å². The molecule has 0 saturated heterocycles. The Bertz CT molecular complexity index is 1180. The lowest BCUT2D eigenvalue weighted by Crippen LogP contribution is -1.78. The van der Waals surface area contributed by atoms with Crippen LogP contribution in [0.25, 0.3) is 43.4 Å². The maximum atomic E-state index is 2.41. The van der Waals surface area contributed by atoms with Crippen molar-refractivity contribution in [2.24, 2.45) is 0 Å². The second kappa shape index (κ2) is 4.46. The molecule has 0 atom stereocenters. The molecule has 0 N–H and O–H groups in total. The zero-order chi connectivity index (χ0) is 14.7. The summed E-state index contributed by atoms with van der Waals surface area (Å²) in [5, 5.41) is 7.91. The van der Waals surface area contributed by atoms with Crippen molar-refractivity contribution in [2.45, 2.75) is 0 Å². The summed E-state index contributed by atoms with van der Waals surface area (Å²) in [6.07, 6.45) is 0. The molecule has 0 radical (unpaired) electrons. The van der Waals surface area contributed by atoms with Crippen LogP contribution in [-0.2, 0) is 0 Å². The zero-order valence-electron chi connectivity index (χ0n) is 11.8. The molecule has 0 bridgehead atoms. The Morgan fingerprint density at radius 1 is 0.591 bits per heavy atom.